The number of hydrogen-bond donors (Lipinski definition) is 0. The van der Waals surface area contributed by atoms with Crippen LogP contribution in [0.3, 0.4) is 0 Å². The number of nitrogens with zero attached hydrogens (tertiary/aromatic N) is 2. The minimum absolute atomic E-state index is 0.155. The number of aryl methyl sites for hydroxylation is 1. The summed E-state index contributed by atoms with van der Waals surface area (Å²) in [7, 11) is 0. The van der Waals surface area contributed by atoms with Crippen molar-refractivity contribution in [2.75, 3.05) is 0 Å². The van der Waals surface area contributed by atoms with E-state index in [1.807, 2.05) is 36.7 Å². The van der Waals surface area contributed by atoms with Crippen LogP contribution in [0.4, 0.5) is 0 Å². The molecule has 1 aromatic heterocycles. The Balaban J connectivity index is 1.42. The number of benzene rings is 2. The fourth-order valence-corrected chi connectivity index (χ4v) is 4.67. The molecule has 40 heavy (non-hydrogen) atoms. The molecule has 0 amide bonds. The van der Waals surface area contributed by atoms with Gasteiger partial charge in [-0.05, 0) is 92.6 Å². The zero-order chi connectivity index (χ0) is 28.6. The van der Waals surface area contributed by atoms with Crippen molar-refractivity contribution in [2.45, 2.75) is 111 Å². The van der Waals surface area contributed by atoms with Gasteiger partial charge in [0.25, 0.3) is 0 Å². The van der Waals surface area contributed by atoms with Gasteiger partial charge in [0.15, 0.2) is 5.82 Å². The van der Waals surface area contributed by atoms with Crippen LogP contribution in [0.2, 0.25) is 0 Å². The smallest absolute Gasteiger partial charge is 0.343 e. The van der Waals surface area contributed by atoms with Gasteiger partial charge in [-0.1, -0.05) is 72.1 Å². The minimum atomic E-state index is -0.396. The van der Waals surface area contributed by atoms with Gasteiger partial charge in [0, 0.05) is 18.0 Å². The van der Waals surface area contributed by atoms with Gasteiger partial charge >= 0.3 is 5.97 Å². The third-order valence-corrected chi connectivity index (χ3v) is 7.53. The normalized spacial score (nSPS) is 12.6. The molecular formula is C35H48N2O3. The number of rotatable bonds is 18. The Kier molecular flexibility index (Phi) is 13.7. The molecule has 0 N–H and O–H groups in total. The van der Waals surface area contributed by atoms with E-state index in [4.69, 9.17) is 9.47 Å². The maximum atomic E-state index is 12.6. The van der Waals surface area contributed by atoms with Gasteiger partial charge in [-0.15, -0.1) is 0 Å². The Bertz CT molecular complexity index is 1110. The molecule has 0 bridgehead atoms. The number of esters is 1. The van der Waals surface area contributed by atoms with Crippen molar-refractivity contribution >= 4 is 5.97 Å². The molecule has 216 valence electrons. The third kappa shape index (κ3) is 11.1. The molecule has 1 unspecified atom stereocenters. The van der Waals surface area contributed by atoms with E-state index >= 15 is 0 Å². The second-order valence-electron chi connectivity index (χ2n) is 11.1. The Labute approximate surface area is 241 Å². The van der Waals surface area contributed by atoms with E-state index in [-0.39, 0.29) is 6.10 Å². The van der Waals surface area contributed by atoms with Crippen molar-refractivity contribution in [3.63, 3.8) is 0 Å². The molecule has 5 nitrogen and oxygen atoms in total. The highest BCUT2D eigenvalue weighted by molar-refractivity contribution is 5.91. The summed E-state index contributed by atoms with van der Waals surface area (Å²) in [6.07, 6.45) is 18.7. The van der Waals surface area contributed by atoms with Crippen LogP contribution >= 0.6 is 0 Å². The van der Waals surface area contributed by atoms with Crippen molar-refractivity contribution in [2.24, 2.45) is 5.92 Å². The van der Waals surface area contributed by atoms with E-state index in [9.17, 15) is 4.79 Å². The van der Waals surface area contributed by atoms with Crippen LogP contribution in [-0.4, -0.2) is 22.0 Å². The molecule has 0 saturated carbocycles. The van der Waals surface area contributed by atoms with Crippen LogP contribution in [-0.2, 0) is 6.42 Å². The van der Waals surface area contributed by atoms with Crippen molar-refractivity contribution in [3.8, 4) is 22.9 Å². The lowest BCUT2D eigenvalue weighted by Crippen LogP contribution is -2.12. The summed E-state index contributed by atoms with van der Waals surface area (Å²) >= 11 is 0. The van der Waals surface area contributed by atoms with Crippen molar-refractivity contribution in [3.05, 3.63) is 72.1 Å². The average Bonchev–Trinajstić information content (AvgIpc) is 2.98. The van der Waals surface area contributed by atoms with Gasteiger partial charge < -0.3 is 9.47 Å². The van der Waals surface area contributed by atoms with Crippen LogP contribution in [0.1, 0.15) is 114 Å². The van der Waals surface area contributed by atoms with E-state index in [0.29, 0.717) is 17.1 Å². The fourth-order valence-electron chi connectivity index (χ4n) is 4.67. The topological polar surface area (TPSA) is 61.3 Å². The van der Waals surface area contributed by atoms with Crippen LogP contribution in [0.15, 0.2) is 60.9 Å². The largest absolute Gasteiger partial charge is 0.491 e. The lowest BCUT2D eigenvalue weighted by molar-refractivity contribution is 0.0734. The highest BCUT2D eigenvalue weighted by Crippen LogP contribution is 2.22. The van der Waals surface area contributed by atoms with E-state index in [1.165, 1.54) is 69.8 Å². The maximum Gasteiger partial charge on any atom is 0.343 e. The second kappa shape index (κ2) is 17.5. The molecule has 0 fully saturated rings. The van der Waals surface area contributed by atoms with Gasteiger partial charge in [-0.3, -0.25) is 0 Å². The summed E-state index contributed by atoms with van der Waals surface area (Å²) in [5, 5.41) is 0. The van der Waals surface area contributed by atoms with Gasteiger partial charge in [-0.25, -0.2) is 14.8 Å². The Morgan fingerprint density at radius 1 is 0.750 bits per heavy atom. The molecule has 0 radical (unpaired) electrons. The van der Waals surface area contributed by atoms with Crippen LogP contribution in [0.5, 0.6) is 11.5 Å². The summed E-state index contributed by atoms with van der Waals surface area (Å²) < 4.78 is 11.6. The lowest BCUT2D eigenvalue weighted by Gasteiger charge is -2.14. The first-order chi connectivity index (χ1) is 19.5. The number of carbonyl (C=O) groups excluding carboxylic acids is 1. The molecule has 0 aliphatic heterocycles. The number of unbranched alkanes of at least 4 members (excludes halogenated alkanes) is 6. The fraction of sp³-hybridized carbons (Fsp3) is 0.514. The van der Waals surface area contributed by atoms with Gasteiger partial charge in [-0.2, -0.15) is 0 Å². The number of carbonyl (C=O) groups is 1. The Morgan fingerprint density at radius 3 is 2.05 bits per heavy atom. The quantitative estimate of drug-likeness (QED) is 0.0906. The molecule has 0 spiro atoms. The number of aromatic nitrogens is 2. The predicted molar refractivity (Wildman–Crippen MR) is 164 cm³/mol. The van der Waals surface area contributed by atoms with Crippen molar-refractivity contribution in [1.29, 1.82) is 0 Å². The standard InChI is InChI=1S/C35H48N2O3/c1-5-7-8-12-15-28(4)39-32-23-19-31(20-24-32)35(38)40-33-21-17-30(18-22-33)34-36-25-29(26-37-34)16-13-10-9-11-14-27(3)6-2/h17-28H,5-16H2,1-4H3/t27?,28-/m1/s1. The summed E-state index contributed by atoms with van der Waals surface area (Å²) in [4.78, 5) is 21.8. The van der Waals surface area contributed by atoms with Crippen LogP contribution < -0.4 is 9.47 Å². The number of ether oxygens (including phenoxy) is 2. The molecular weight excluding hydrogens is 496 g/mol. The average molecular weight is 545 g/mol. The minimum Gasteiger partial charge on any atom is -0.491 e. The summed E-state index contributed by atoms with van der Waals surface area (Å²) in [6.45, 7) is 8.92. The molecule has 2 atom stereocenters. The highest BCUT2D eigenvalue weighted by Gasteiger charge is 2.11. The Morgan fingerprint density at radius 2 is 1.38 bits per heavy atom. The van der Waals surface area contributed by atoms with E-state index < -0.39 is 5.97 Å². The van der Waals surface area contributed by atoms with Gasteiger partial charge in [0.1, 0.15) is 11.5 Å². The van der Waals surface area contributed by atoms with E-state index in [2.05, 4.69) is 37.7 Å². The molecule has 0 aliphatic carbocycles. The van der Waals surface area contributed by atoms with E-state index in [1.54, 1.807) is 24.3 Å². The first-order valence-electron chi connectivity index (χ1n) is 15.4. The predicted octanol–water partition coefficient (Wildman–Crippen LogP) is 9.64. The highest BCUT2D eigenvalue weighted by atomic mass is 16.5. The zero-order valence-corrected chi connectivity index (χ0v) is 25.0. The molecule has 2 aromatic carbocycles. The Hall–Kier alpha value is -3.21. The molecule has 3 aromatic rings. The maximum absolute atomic E-state index is 12.6. The zero-order valence-electron chi connectivity index (χ0n) is 25.0. The molecule has 1 heterocycles. The van der Waals surface area contributed by atoms with Gasteiger partial charge in [0.05, 0.1) is 11.7 Å². The van der Waals surface area contributed by atoms with Crippen LogP contribution in [0, 0.1) is 5.92 Å². The molecule has 0 saturated heterocycles. The SMILES string of the molecule is CCCCCC[C@@H](C)Oc1ccc(C(=O)Oc2ccc(-c3ncc(CCCCCCC(C)CC)cn3)cc2)cc1. The third-order valence-electron chi connectivity index (χ3n) is 7.53. The summed E-state index contributed by atoms with van der Waals surface area (Å²) in [5.74, 6) is 2.38. The lowest BCUT2D eigenvalue weighted by atomic mass is 10.00. The van der Waals surface area contributed by atoms with Crippen LogP contribution in [0.25, 0.3) is 11.4 Å². The first kappa shape index (κ1) is 31.3. The second-order valence-corrected chi connectivity index (χ2v) is 11.1. The first-order valence-corrected chi connectivity index (χ1v) is 15.4. The molecule has 0 aliphatic rings. The number of hydrogen-bond acceptors (Lipinski definition) is 5. The van der Waals surface area contributed by atoms with Gasteiger partial charge in [0.2, 0.25) is 0 Å². The van der Waals surface area contributed by atoms with Crippen molar-refractivity contribution < 1.29 is 14.3 Å². The summed E-state index contributed by atoms with van der Waals surface area (Å²) in [6, 6.07) is 14.5. The van der Waals surface area contributed by atoms with E-state index in [0.717, 1.165) is 30.1 Å². The van der Waals surface area contributed by atoms with Crippen molar-refractivity contribution in [1.82, 2.24) is 9.97 Å². The molecule has 3 rings (SSSR count). The monoisotopic (exact) mass is 544 g/mol. The summed E-state index contributed by atoms with van der Waals surface area (Å²) in [5.41, 5.74) is 2.55. The molecule has 5 heteroatoms.